The Morgan fingerprint density at radius 2 is 2.00 bits per heavy atom. The molecule has 0 aliphatic heterocycles. The van der Waals surface area contributed by atoms with Gasteiger partial charge in [-0.25, -0.2) is 0 Å². The predicted octanol–water partition coefficient (Wildman–Crippen LogP) is 1.47. The van der Waals surface area contributed by atoms with Crippen molar-refractivity contribution in [3.8, 4) is 5.75 Å². The molecule has 0 saturated carbocycles. The number of phenols is 1. The molecule has 0 amide bonds. The largest absolute Gasteiger partial charge is 0.507 e. The lowest BCUT2D eigenvalue weighted by molar-refractivity contribution is -0.584. The van der Waals surface area contributed by atoms with Gasteiger partial charge in [0.2, 0.25) is 12.6 Å². The molecule has 0 aliphatic rings. The third-order valence-corrected chi connectivity index (χ3v) is 1.90. The molecule has 59 valence electrons. The summed E-state index contributed by atoms with van der Waals surface area (Å²) in [5.41, 5.74) is 0.928. The first-order valence-electron chi connectivity index (χ1n) is 3.72. The summed E-state index contributed by atoms with van der Waals surface area (Å²) in [6, 6.07) is 9.12. The van der Waals surface area contributed by atoms with Crippen LogP contribution >= 0.6 is 0 Å². The molecule has 0 saturated heterocycles. The molecule has 1 heterocycles. The summed E-state index contributed by atoms with van der Waals surface area (Å²) in [7, 11) is 3.80. The summed E-state index contributed by atoms with van der Waals surface area (Å²) >= 11 is 0. The highest BCUT2D eigenvalue weighted by atomic mass is 16.3. The number of aromatic nitrogens is 1. The molecule has 0 spiro atoms. The van der Waals surface area contributed by atoms with E-state index in [2.05, 4.69) is 7.05 Å². The highest BCUT2D eigenvalue weighted by molar-refractivity contribution is 5.82. The first-order valence-corrected chi connectivity index (χ1v) is 3.72. The second-order valence-electron chi connectivity index (χ2n) is 2.69. The number of hydrogen-bond acceptors (Lipinski definition) is 1. The number of nitrogens with zero attached hydrogens (tertiary/aromatic N) is 1. The maximum Gasteiger partial charge on any atom is 0.216 e. The normalized spacial score (nSPS) is 10.4. The fourth-order valence-corrected chi connectivity index (χ4v) is 1.29. The molecule has 2 heteroatoms. The number of pyridine rings is 1. The Morgan fingerprint density at radius 1 is 1.17 bits per heavy atom. The lowest BCUT2D eigenvalue weighted by Crippen LogP contribution is -2.24. The van der Waals surface area contributed by atoms with E-state index in [9.17, 15) is 5.11 Å². The topological polar surface area (TPSA) is 24.1 Å². The van der Waals surface area contributed by atoms with Gasteiger partial charge in [0, 0.05) is 12.1 Å². The van der Waals surface area contributed by atoms with E-state index in [0.717, 1.165) is 10.9 Å². The Morgan fingerprint density at radius 3 is 2.75 bits per heavy atom. The molecule has 0 unspecified atom stereocenters. The summed E-state index contributed by atoms with van der Waals surface area (Å²) in [5.74, 6) is 0.297. The van der Waals surface area contributed by atoms with Gasteiger partial charge in [0.1, 0.15) is 5.75 Å². The lowest BCUT2D eigenvalue weighted by atomic mass is 10.2. The average Bonchev–Trinajstić information content (AvgIpc) is 2.07. The number of hydrogen-bond donors (Lipinski definition) is 1. The number of benzene rings is 1. The van der Waals surface area contributed by atoms with Gasteiger partial charge in [0.25, 0.3) is 0 Å². The van der Waals surface area contributed by atoms with Crippen LogP contribution in [0.1, 0.15) is 0 Å². The van der Waals surface area contributed by atoms with Gasteiger partial charge in [0.15, 0.2) is 6.20 Å². The minimum Gasteiger partial charge on any atom is -0.507 e. The zero-order chi connectivity index (χ0) is 8.55. The first kappa shape index (κ1) is 7.10. The fourth-order valence-electron chi connectivity index (χ4n) is 1.29. The molecule has 2 rings (SSSR count). The Bertz CT molecular complexity index is 382. The highest BCUT2D eigenvalue weighted by Gasteiger charge is 2.05. The van der Waals surface area contributed by atoms with Gasteiger partial charge in [-0.15, -0.1) is 0 Å². The minimum atomic E-state index is 0.297. The van der Waals surface area contributed by atoms with E-state index in [1.807, 2.05) is 24.4 Å². The number of fused-ring (bicyclic) bond motifs is 1. The van der Waals surface area contributed by atoms with Crippen molar-refractivity contribution in [1.29, 1.82) is 0 Å². The van der Waals surface area contributed by atoms with E-state index in [4.69, 9.17) is 0 Å². The van der Waals surface area contributed by atoms with Crippen molar-refractivity contribution >= 4 is 10.9 Å². The van der Waals surface area contributed by atoms with Crippen LogP contribution < -0.4 is 4.57 Å². The first-order chi connectivity index (χ1) is 5.79. The molecule has 1 radical (unpaired) electrons. The van der Waals surface area contributed by atoms with Crippen molar-refractivity contribution < 1.29 is 9.67 Å². The van der Waals surface area contributed by atoms with E-state index in [-0.39, 0.29) is 0 Å². The molecule has 2 nitrogen and oxygen atoms in total. The molecule has 2 aromatic rings. The molecule has 12 heavy (non-hydrogen) atoms. The maximum atomic E-state index is 9.45. The van der Waals surface area contributed by atoms with E-state index < -0.39 is 0 Å². The fraction of sp³-hybridized carbons (Fsp3) is 0. The maximum absolute atomic E-state index is 9.45. The van der Waals surface area contributed by atoms with Crippen LogP contribution in [0.15, 0.2) is 36.5 Å². The van der Waals surface area contributed by atoms with Crippen molar-refractivity contribution in [1.82, 2.24) is 0 Å². The van der Waals surface area contributed by atoms with Crippen LogP contribution in [0.5, 0.6) is 5.75 Å². The van der Waals surface area contributed by atoms with Crippen LogP contribution in [0, 0.1) is 7.05 Å². The summed E-state index contributed by atoms with van der Waals surface area (Å²) in [6.45, 7) is 0. The third kappa shape index (κ3) is 0.925. The second kappa shape index (κ2) is 2.48. The van der Waals surface area contributed by atoms with Gasteiger partial charge >= 0.3 is 0 Å². The Hall–Kier alpha value is -1.57. The molecular weight excluding hydrogens is 150 g/mol. The van der Waals surface area contributed by atoms with Gasteiger partial charge in [-0.05, 0) is 12.1 Å². The van der Waals surface area contributed by atoms with E-state index in [1.165, 1.54) is 0 Å². The van der Waals surface area contributed by atoms with Crippen LogP contribution in [0.2, 0.25) is 0 Å². The summed E-state index contributed by atoms with van der Waals surface area (Å²) in [6.07, 6.45) is 1.85. The second-order valence-corrected chi connectivity index (χ2v) is 2.69. The van der Waals surface area contributed by atoms with Crippen LogP contribution in [0.3, 0.4) is 0 Å². The molecule has 0 atom stereocenters. The van der Waals surface area contributed by atoms with Gasteiger partial charge in [0.05, 0.1) is 5.39 Å². The molecule has 0 bridgehead atoms. The summed E-state index contributed by atoms with van der Waals surface area (Å²) in [4.78, 5) is 0. The monoisotopic (exact) mass is 159 g/mol. The summed E-state index contributed by atoms with van der Waals surface area (Å²) < 4.78 is 1.73. The van der Waals surface area contributed by atoms with Gasteiger partial charge in [-0.3, -0.25) is 0 Å². The van der Waals surface area contributed by atoms with E-state index >= 15 is 0 Å². The average molecular weight is 159 g/mol. The Balaban J connectivity index is 2.94. The van der Waals surface area contributed by atoms with E-state index in [0.29, 0.717) is 5.75 Å². The van der Waals surface area contributed by atoms with E-state index in [1.54, 1.807) is 16.7 Å². The summed E-state index contributed by atoms with van der Waals surface area (Å²) in [5, 5.41) is 10.3. The third-order valence-electron chi connectivity index (χ3n) is 1.90. The van der Waals surface area contributed by atoms with Gasteiger partial charge < -0.3 is 5.11 Å². The lowest BCUT2D eigenvalue weighted by Gasteiger charge is -1.96. The van der Waals surface area contributed by atoms with Crippen molar-refractivity contribution in [2.45, 2.75) is 0 Å². The van der Waals surface area contributed by atoms with Crippen molar-refractivity contribution in [2.75, 3.05) is 0 Å². The molecule has 0 fully saturated rings. The Kier molecular flexibility index (Phi) is 1.47. The quantitative estimate of drug-likeness (QED) is 0.578. The molecular formula is C10H9NO+. The highest BCUT2D eigenvalue weighted by Crippen LogP contribution is 2.20. The van der Waals surface area contributed by atoms with Crippen LogP contribution in [-0.4, -0.2) is 5.11 Å². The number of aromatic hydroxyl groups is 1. The minimum absolute atomic E-state index is 0.297. The Labute approximate surface area is 70.7 Å². The standard InChI is InChI=1S/C10H9NO/c1-11-7-3-4-8-9(11)5-2-6-10(8)12/h2-7,12H,1H2/q+1. The zero-order valence-corrected chi connectivity index (χ0v) is 6.57. The van der Waals surface area contributed by atoms with Gasteiger partial charge in [-0.1, -0.05) is 6.07 Å². The van der Waals surface area contributed by atoms with Gasteiger partial charge in [-0.2, -0.15) is 4.57 Å². The van der Waals surface area contributed by atoms with Crippen LogP contribution in [0.25, 0.3) is 10.9 Å². The number of rotatable bonds is 0. The number of phenolic OH excluding ortho intramolecular Hbond substituents is 1. The van der Waals surface area contributed by atoms with Crippen molar-refractivity contribution in [3.05, 3.63) is 43.6 Å². The molecule has 1 aromatic heterocycles. The predicted molar refractivity (Wildman–Crippen MR) is 46.6 cm³/mol. The van der Waals surface area contributed by atoms with Crippen LogP contribution in [0.4, 0.5) is 0 Å². The SMILES string of the molecule is [CH2][n+]1cccc2c(O)cccc21. The van der Waals surface area contributed by atoms with Crippen LogP contribution in [-0.2, 0) is 0 Å². The molecule has 0 aliphatic carbocycles. The zero-order valence-electron chi connectivity index (χ0n) is 6.57. The van der Waals surface area contributed by atoms with Crippen molar-refractivity contribution in [3.63, 3.8) is 0 Å². The van der Waals surface area contributed by atoms with Crippen molar-refractivity contribution in [2.24, 2.45) is 0 Å². The molecule has 1 N–H and O–H groups in total. The molecule has 1 aromatic carbocycles. The smallest absolute Gasteiger partial charge is 0.216 e.